The van der Waals surface area contributed by atoms with Gasteiger partial charge in [0.25, 0.3) is 11.6 Å². The lowest BCUT2D eigenvalue weighted by Crippen LogP contribution is -2.27. The molecule has 3 aromatic rings. The number of nitrogens with one attached hydrogen (secondary N) is 1. The predicted octanol–water partition coefficient (Wildman–Crippen LogP) is 5.05. The fourth-order valence-corrected chi connectivity index (χ4v) is 3.01. The van der Waals surface area contributed by atoms with Gasteiger partial charge in [0, 0.05) is 17.2 Å². The summed E-state index contributed by atoms with van der Waals surface area (Å²) in [5.74, 6) is -1.99. The molecule has 0 heterocycles. The second kappa shape index (κ2) is 10.5. The van der Waals surface area contributed by atoms with Crippen molar-refractivity contribution in [1.82, 2.24) is 5.32 Å². The number of ether oxygens (including phenoxy) is 1. The minimum absolute atomic E-state index is 0.0920. The van der Waals surface area contributed by atoms with Gasteiger partial charge in [-0.15, -0.1) is 0 Å². The average Bonchev–Trinajstić information content (AvgIpc) is 2.82. The van der Waals surface area contributed by atoms with Gasteiger partial charge in [-0.2, -0.15) is 13.2 Å². The van der Waals surface area contributed by atoms with E-state index in [-0.39, 0.29) is 22.4 Å². The lowest BCUT2D eigenvalue weighted by Gasteiger charge is -2.12. The van der Waals surface area contributed by atoms with Crippen molar-refractivity contribution in [3.05, 3.63) is 111 Å². The van der Waals surface area contributed by atoms with Crippen molar-refractivity contribution in [3.8, 4) is 5.75 Å². The molecule has 180 valence electrons. The molecule has 0 aliphatic heterocycles. The van der Waals surface area contributed by atoms with E-state index in [9.17, 15) is 38.0 Å². The van der Waals surface area contributed by atoms with Crippen LogP contribution in [0.1, 0.15) is 27.0 Å². The third-order valence-corrected chi connectivity index (χ3v) is 4.73. The standard InChI is InChI=1S/C24H17F3N2O6/c25-24(26,27)18-11-10-17(20(13-18)29(33)34)14-35-21-9-5-4-8-16(21)12-19(23(31)32)28-22(30)15-6-2-1-3-7-15/h1-13H,14H2,(H,28,30)(H,31,32). The fourth-order valence-electron chi connectivity index (χ4n) is 3.01. The van der Waals surface area contributed by atoms with Crippen molar-refractivity contribution in [3.63, 3.8) is 0 Å². The third-order valence-electron chi connectivity index (χ3n) is 4.73. The van der Waals surface area contributed by atoms with Crippen molar-refractivity contribution < 1.29 is 37.5 Å². The van der Waals surface area contributed by atoms with E-state index in [1.807, 2.05) is 0 Å². The number of hydrogen-bond acceptors (Lipinski definition) is 5. The molecule has 2 N–H and O–H groups in total. The van der Waals surface area contributed by atoms with E-state index in [2.05, 4.69) is 5.32 Å². The van der Waals surface area contributed by atoms with Crippen LogP contribution in [0.2, 0.25) is 0 Å². The van der Waals surface area contributed by atoms with E-state index in [4.69, 9.17) is 4.74 Å². The lowest BCUT2D eigenvalue weighted by molar-refractivity contribution is -0.386. The second-order valence-electron chi connectivity index (χ2n) is 7.11. The highest BCUT2D eigenvalue weighted by Crippen LogP contribution is 2.33. The minimum atomic E-state index is -4.75. The molecule has 1 amide bonds. The first-order valence-electron chi connectivity index (χ1n) is 9.94. The SMILES string of the molecule is O=C(O)C(=Cc1ccccc1OCc1ccc(C(F)(F)F)cc1[N+](=O)[O-])NC(=O)c1ccccc1. The third kappa shape index (κ3) is 6.44. The number of rotatable bonds is 8. The summed E-state index contributed by atoms with van der Waals surface area (Å²) in [6.07, 6.45) is -3.61. The number of benzene rings is 3. The number of alkyl halides is 3. The van der Waals surface area contributed by atoms with Crippen molar-refractivity contribution in [1.29, 1.82) is 0 Å². The first kappa shape index (κ1) is 25.0. The van der Waals surface area contributed by atoms with Crippen LogP contribution in [-0.4, -0.2) is 21.9 Å². The Morgan fingerprint density at radius 2 is 1.69 bits per heavy atom. The first-order chi connectivity index (χ1) is 16.6. The summed E-state index contributed by atoms with van der Waals surface area (Å²) < 4.78 is 44.3. The molecule has 8 nitrogen and oxygen atoms in total. The molecule has 0 atom stereocenters. The number of para-hydroxylation sites is 1. The first-order valence-corrected chi connectivity index (χ1v) is 9.94. The van der Waals surface area contributed by atoms with Crippen LogP contribution in [0.3, 0.4) is 0 Å². The summed E-state index contributed by atoms with van der Waals surface area (Å²) in [5.41, 5.74) is -2.06. The van der Waals surface area contributed by atoms with Gasteiger partial charge in [0.1, 0.15) is 18.1 Å². The van der Waals surface area contributed by atoms with Gasteiger partial charge in [0.15, 0.2) is 0 Å². The Bertz CT molecular complexity index is 1290. The number of aliphatic carboxylic acids is 1. The molecule has 3 aromatic carbocycles. The number of carbonyl (C=O) groups is 2. The summed E-state index contributed by atoms with van der Waals surface area (Å²) in [5, 5.41) is 23.1. The zero-order valence-corrected chi connectivity index (χ0v) is 17.8. The maximum atomic E-state index is 12.9. The number of hydrogen-bond donors (Lipinski definition) is 2. The molecule has 11 heteroatoms. The molecule has 0 aromatic heterocycles. The normalized spacial score (nSPS) is 11.6. The van der Waals surface area contributed by atoms with Gasteiger partial charge in [0.2, 0.25) is 0 Å². The summed E-state index contributed by atoms with van der Waals surface area (Å²) in [7, 11) is 0. The highest BCUT2D eigenvalue weighted by atomic mass is 19.4. The number of carbonyl (C=O) groups excluding carboxylic acids is 1. The number of amides is 1. The largest absolute Gasteiger partial charge is 0.488 e. The molecule has 0 radical (unpaired) electrons. The van der Waals surface area contributed by atoms with Crippen molar-refractivity contribution in [2.45, 2.75) is 12.8 Å². The Morgan fingerprint density at radius 1 is 1.03 bits per heavy atom. The molecule has 3 rings (SSSR count). The highest BCUT2D eigenvalue weighted by molar-refractivity contribution is 6.02. The van der Waals surface area contributed by atoms with Gasteiger partial charge in [-0.1, -0.05) is 36.4 Å². The second-order valence-corrected chi connectivity index (χ2v) is 7.11. The fraction of sp³-hybridized carbons (Fsp3) is 0.0833. The molecule has 0 bridgehead atoms. The smallest absolute Gasteiger partial charge is 0.416 e. The van der Waals surface area contributed by atoms with E-state index in [1.165, 1.54) is 24.3 Å². The van der Waals surface area contributed by atoms with E-state index in [0.717, 1.165) is 12.1 Å². The van der Waals surface area contributed by atoms with E-state index < -0.39 is 46.5 Å². The van der Waals surface area contributed by atoms with E-state index in [1.54, 1.807) is 30.3 Å². The van der Waals surface area contributed by atoms with Gasteiger partial charge < -0.3 is 15.2 Å². The molecule has 0 fully saturated rings. The predicted molar refractivity (Wildman–Crippen MR) is 118 cm³/mol. The lowest BCUT2D eigenvalue weighted by atomic mass is 10.1. The number of carboxylic acid groups (broad SMARTS) is 1. The quantitative estimate of drug-likeness (QED) is 0.261. The zero-order chi connectivity index (χ0) is 25.6. The monoisotopic (exact) mass is 486 g/mol. The van der Waals surface area contributed by atoms with Crippen LogP contribution in [0.4, 0.5) is 18.9 Å². The Labute approximate surface area is 196 Å². The van der Waals surface area contributed by atoms with Gasteiger partial charge in [-0.25, -0.2) is 4.79 Å². The van der Waals surface area contributed by atoms with Gasteiger partial charge in [-0.3, -0.25) is 14.9 Å². The van der Waals surface area contributed by atoms with Crippen molar-refractivity contribution >= 4 is 23.6 Å². The maximum Gasteiger partial charge on any atom is 0.416 e. The highest BCUT2D eigenvalue weighted by Gasteiger charge is 2.33. The Hall–Kier alpha value is -4.67. The summed E-state index contributed by atoms with van der Waals surface area (Å²) in [6, 6.07) is 16.0. The van der Waals surface area contributed by atoms with Crippen LogP contribution in [0.5, 0.6) is 5.75 Å². The molecule has 0 unspecified atom stereocenters. The van der Waals surface area contributed by atoms with Crippen LogP contribution in [-0.2, 0) is 17.6 Å². The molecule has 0 saturated heterocycles. The van der Waals surface area contributed by atoms with Gasteiger partial charge in [-0.05, 0) is 36.4 Å². The number of halogens is 3. The molecule has 0 saturated carbocycles. The number of carboxylic acids is 1. The van der Waals surface area contributed by atoms with Gasteiger partial charge >= 0.3 is 12.1 Å². The maximum absolute atomic E-state index is 12.9. The zero-order valence-electron chi connectivity index (χ0n) is 17.8. The molecule has 0 spiro atoms. The molecule has 0 aliphatic rings. The number of nitro groups is 1. The van der Waals surface area contributed by atoms with Crippen LogP contribution < -0.4 is 10.1 Å². The average molecular weight is 486 g/mol. The Morgan fingerprint density at radius 3 is 2.31 bits per heavy atom. The Balaban J connectivity index is 1.86. The molecular formula is C24H17F3N2O6. The van der Waals surface area contributed by atoms with Crippen LogP contribution in [0.25, 0.3) is 6.08 Å². The van der Waals surface area contributed by atoms with E-state index >= 15 is 0 Å². The number of nitrogens with zero attached hydrogens (tertiary/aromatic N) is 1. The number of nitro benzene ring substituents is 1. The van der Waals surface area contributed by atoms with Gasteiger partial charge in [0.05, 0.1) is 16.1 Å². The van der Waals surface area contributed by atoms with Crippen LogP contribution >= 0.6 is 0 Å². The van der Waals surface area contributed by atoms with Crippen molar-refractivity contribution in [2.75, 3.05) is 0 Å². The van der Waals surface area contributed by atoms with Crippen molar-refractivity contribution in [2.24, 2.45) is 0 Å². The van der Waals surface area contributed by atoms with Crippen LogP contribution in [0.15, 0.2) is 78.5 Å². The minimum Gasteiger partial charge on any atom is -0.488 e. The summed E-state index contributed by atoms with van der Waals surface area (Å²) >= 11 is 0. The molecule has 0 aliphatic carbocycles. The summed E-state index contributed by atoms with van der Waals surface area (Å²) in [4.78, 5) is 34.4. The Kier molecular flexibility index (Phi) is 7.49. The van der Waals surface area contributed by atoms with Crippen LogP contribution in [0, 0.1) is 10.1 Å². The molecule has 35 heavy (non-hydrogen) atoms. The molecular weight excluding hydrogens is 469 g/mol. The summed E-state index contributed by atoms with van der Waals surface area (Å²) in [6.45, 7) is -0.460. The van der Waals surface area contributed by atoms with E-state index in [0.29, 0.717) is 12.1 Å². The topological polar surface area (TPSA) is 119 Å².